The van der Waals surface area contributed by atoms with E-state index in [1.54, 1.807) is 0 Å². The average Bonchev–Trinajstić information content (AvgIpc) is 1.79. The van der Waals surface area contributed by atoms with Crippen LogP contribution in [0.1, 0.15) is 12.8 Å². The fourth-order valence-electron chi connectivity index (χ4n) is 0.693. The van der Waals surface area contributed by atoms with Gasteiger partial charge in [0.15, 0.2) is 0 Å². The van der Waals surface area contributed by atoms with Crippen LogP contribution in [-0.2, 0) is 4.79 Å². The third-order valence-corrected chi connectivity index (χ3v) is 1.41. The number of allylic oxidation sites excluding steroid dienone is 2. The Kier molecular flexibility index (Phi) is 1.31. The van der Waals surface area contributed by atoms with Gasteiger partial charge in [-0.15, -0.1) is 0 Å². The highest BCUT2D eigenvalue weighted by Gasteiger charge is 2.10. The van der Waals surface area contributed by atoms with E-state index in [2.05, 4.69) is 4.99 Å². The van der Waals surface area contributed by atoms with Gasteiger partial charge in [0.05, 0.1) is 0 Å². The average molecular weight is 107 g/mol. The molecule has 0 saturated heterocycles. The minimum atomic E-state index is 0.931. The number of isocyanates is 1. The lowest BCUT2D eigenvalue weighted by Gasteiger charge is -2.13. The van der Waals surface area contributed by atoms with Crippen molar-refractivity contribution in [2.75, 3.05) is 0 Å². The standard InChI is InChI=1S/C5H6BNO/c6-4-1-2-5(4)7-3-8/h1-2,6H2. The van der Waals surface area contributed by atoms with Crippen molar-refractivity contribution in [2.24, 2.45) is 4.99 Å². The van der Waals surface area contributed by atoms with Gasteiger partial charge in [0.1, 0.15) is 7.85 Å². The van der Waals surface area contributed by atoms with Gasteiger partial charge in [0.2, 0.25) is 6.08 Å². The van der Waals surface area contributed by atoms with E-state index in [0.717, 1.165) is 18.5 Å². The Morgan fingerprint density at radius 3 is 2.50 bits per heavy atom. The van der Waals surface area contributed by atoms with Crippen LogP contribution >= 0.6 is 0 Å². The Labute approximate surface area is 48.7 Å². The van der Waals surface area contributed by atoms with Crippen LogP contribution in [0.5, 0.6) is 0 Å². The molecule has 0 N–H and O–H groups in total. The number of hydrogen-bond donors (Lipinski definition) is 0. The first kappa shape index (κ1) is 5.32. The van der Waals surface area contributed by atoms with E-state index in [0.29, 0.717) is 0 Å². The first-order valence-corrected chi connectivity index (χ1v) is 2.61. The molecule has 0 amide bonds. The maximum Gasteiger partial charge on any atom is 0.240 e. The smallest absolute Gasteiger partial charge is 0.211 e. The van der Waals surface area contributed by atoms with Gasteiger partial charge in [-0.2, -0.15) is 4.99 Å². The van der Waals surface area contributed by atoms with Gasteiger partial charge in [0, 0.05) is 5.70 Å². The zero-order valence-electron chi connectivity index (χ0n) is 4.77. The molecule has 0 unspecified atom stereocenters. The third-order valence-electron chi connectivity index (χ3n) is 1.41. The summed E-state index contributed by atoms with van der Waals surface area (Å²) in [5.41, 5.74) is 2.16. The summed E-state index contributed by atoms with van der Waals surface area (Å²) in [5.74, 6) is 0. The van der Waals surface area contributed by atoms with Crippen LogP contribution in [0, 0.1) is 0 Å². The number of rotatable bonds is 1. The van der Waals surface area contributed by atoms with Gasteiger partial charge in [-0.05, 0) is 12.8 Å². The largest absolute Gasteiger partial charge is 0.240 e. The predicted molar refractivity (Wildman–Crippen MR) is 32.9 cm³/mol. The molecule has 0 aromatic rings. The summed E-state index contributed by atoms with van der Waals surface area (Å²) >= 11 is 0. The molecule has 2 nitrogen and oxygen atoms in total. The van der Waals surface area contributed by atoms with Gasteiger partial charge in [-0.25, -0.2) is 4.79 Å². The van der Waals surface area contributed by atoms with Gasteiger partial charge in [-0.1, -0.05) is 5.47 Å². The Balaban J connectivity index is 2.73. The molecule has 0 bridgehead atoms. The van der Waals surface area contributed by atoms with Crippen LogP contribution < -0.4 is 0 Å². The second-order valence-electron chi connectivity index (χ2n) is 1.93. The van der Waals surface area contributed by atoms with E-state index in [4.69, 9.17) is 0 Å². The molecule has 0 saturated carbocycles. The molecular weight excluding hydrogens is 101 g/mol. The predicted octanol–water partition coefficient (Wildman–Crippen LogP) is -0.0393. The summed E-state index contributed by atoms with van der Waals surface area (Å²) in [7, 11) is 1.99. The Hall–Kier alpha value is -0.815. The maximum atomic E-state index is 9.63. The first-order valence-electron chi connectivity index (χ1n) is 2.61. The maximum absolute atomic E-state index is 9.63. The van der Waals surface area contributed by atoms with Gasteiger partial charge in [0.25, 0.3) is 0 Å². The van der Waals surface area contributed by atoms with Crippen molar-refractivity contribution in [1.29, 1.82) is 0 Å². The van der Waals surface area contributed by atoms with Gasteiger partial charge >= 0.3 is 0 Å². The Morgan fingerprint density at radius 2 is 2.38 bits per heavy atom. The van der Waals surface area contributed by atoms with Crippen molar-refractivity contribution in [3.8, 4) is 0 Å². The molecule has 0 aromatic carbocycles. The second kappa shape index (κ2) is 1.97. The van der Waals surface area contributed by atoms with E-state index in [1.165, 1.54) is 11.6 Å². The number of nitrogens with zero attached hydrogens (tertiary/aromatic N) is 1. The van der Waals surface area contributed by atoms with E-state index >= 15 is 0 Å². The van der Waals surface area contributed by atoms with Crippen molar-refractivity contribution in [2.45, 2.75) is 12.8 Å². The zero-order valence-corrected chi connectivity index (χ0v) is 4.77. The molecule has 0 aliphatic heterocycles. The summed E-state index contributed by atoms with van der Waals surface area (Å²) < 4.78 is 0. The molecule has 1 rings (SSSR count). The van der Waals surface area contributed by atoms with Crippen molar-refractivity contribution < 1.29 is 4.79 Å². The summed E-state index contributed by atoms with van der Waals surface area (Å²) in [4.78, 5) is 13.1. The van der Waals surface area contributed by atoms with Gasteiger partial charge < -0.3 is 0 Å². The minimum absolute atomic E-state index is 0.931. The van der Waals surface area contributed by atoms with E-state index in [1.807, 2.05) is 7.85 Å². The SMILES string of the molecule is BC1=C(N=C=O)CC1. The first-order chi connectivity index (χ1) is 3.84. The number of carbonyl (C=O) groups excluding carboxylic acids is 1. The Bertz CT molecular complexity index is 179. The van der Waals surface area contributed by atoms with Crippen molar-refractivity contribution >= 4 is 13.9 Å². The van der Waals surface area contributed by atoms with E-state index in [9.17, 15) is 4.79 Å². The van der Waals surface area contributed by atoms with Crippen LogP contribution in [0.15, 0.2) is 16.2 Å². The van der Waals surface area contributed by atoms with E-state index in [-0.39, 0.29) is 0 Å². The summed E-state index contributed by atoms with van der Waals surface area (Å²) in [6.45, 7) is 0. The molecule has 0 heterocycles. The molecule has 0 aromatic heterocycles. The fraction of sp³-hybridized carbons (Fsp3) is 0.400. The second-order valence-corrected chi connectivity index (χ2v) is 1.93. The summed E-state index contributed by atoms with van der Waals surface area (Å²) in [6, 6.07) is 0. The Morgan fingerprint density at radius 1 is 1.62 bits per heavy atom. The lowest BCUT2D eigenvalue weighted by Crippen LogP contribution is -2.00. The zero-order chi connectivity index (χ0) is 5.98. The summed E-state index contributed by atoms with van der Waals surface area (Å²) in [5, 5.41) is 0. The number of hydrogen-bond acceptors (Lipinski definition) is 2. The van der Waals surface area contributed by atoms with E-state index < -0.39 is 0 Å². The van der Waals surface area contributed by atoms with Crippen LogP contribution in [0.25, 0.3) is 0 Å². The molecule has 0 spiro atoms. The highest BCUT2D eigenvalue weighted by atomic mass is 16.1. The van der Waals surface area contributed by atoms with Crippen LogP contribution in [0.3, 0.4) is 0 Å². The molecule has 0 fully saturated rings. The molecule has 1 aliphatic rings. The van der Waals surface area contributed by atoms with Crippen molar-refractivity contribution in [3.05, 3.63) is 11.2 Å². The normalized spacial score (nSPS) is 17.0. The lowest BCUT2D eigenvalue weighted by molar-refractivity contribution is 0.563. The highest BCUT2D eigenvalue weighted by molar-refractivity contribution is 6.22. The molecule has 1 aliphatic carbocycles. The fourth-order valence-corrected chi connectivity index (χ4v) is 0.693. The summed E-state index contributed by atoms with van der Waals surface area (Å²) in [6.07, 6.45) is 3.57. The molecule has 8 heavy (non-hydrogen) atoms. The number of aliphatic imine (C=N–C) groups is 1. The lowest BCUT2D eigenvalue weighted by atomic mass is 9.80. The molecular formula is C5H6BNO. The van der Waals surface area contributed by atoms with Crippen molar-refractivity contribution in [1.82, 2.24) is 0 Å². The monoisotopic (exact) mass is 107 g/mol. The highest BCUT2D eigenvalue weighted by Crippen LogP contribution is 2.24. The molecule has 40 valence electrons. The molecule has 3 heteroatoms. The molecule has 0 atom stereocenters. The topological polar surface area (TPSA) is 29.4 Å². The third kappa shape index (κ3) is 0.726. The van der Waals surface area contributed by atoms with Crippen LogP contribution in [0.2, 0.25) is 0 Å². The molecule has 0 radical (unpaired) electrons. The minimum Gasteiger partial charge on any atom is -0.211 e. The van der Waals surface area contributed by atoms with Crippen molar-refractivity contribution in [3.63, 3.8) is 0 Å². The van der Waals surface area contributed by atoms with Gasteiger partial charge in [-0.3, -0.25) is 0 Å². The van der Waals surface area contributed by atoms with Crippen LogP contribution in [-0.4, -0.2) is 13.9 Å². The van der Waals surface area contributed by atoms with Crippen LogP contribution in [0.4, 0.5) is 0 Å². The quantitative estimate of drug-likeness (QED) is 0.262.